The third kappa shape index (κ3) is 6.11. The Morgan fingerprint density at radius 3 is 2.35 bits per heavy atom. The fourth-order valence-corrected chi connectivity index (χ4v) is 1.21. The lowest BCUT2D eigenvalue weighted by Gasteiger charge is -2.20. The van der Waals surface area contributed by atoms with Gasteiger partial charge >= 0.3 is 12.0 Å². The van der Waals surface area contributed by atoms with Gasteiger partial charge in [0, 0.05) is 13.2 Å². The van der Waals surface area contributed by atoms with Crippen molar-refractivity contribution in [2.75, 3.05) is 13.7 Å². The standard InChI is InChI=1S/C11H22N2O4/c1-5-7(2)8(3)13-11(16)12-6-9(17-4)10(14)15/h7-9H,5-6H2,1-4H3,(H,14,15)(H2,12,13,16). The first-order valence-electron chi connectivity index (χ1n) is 5.72. The lowest BCUT2D eigenvalue weighted by Crippen LogP contribution is -2.47. The minimum atomic E-state index is -1.09. The highest BCUT2D eigenvalue weighted by Crippen LogP contribution is 2.05. The first-order valence-corrected chi connectivity index (χ1v) is 5.72. The Morgan fingerprint density at radius 2 is 1.94 bits per heavy atom. The van der Waals surface area contributed by atoms with Gasteiger partial charge in [-0.15, -0.1) is 0 Å². The monoisotopic (exact) mass is 246 g/mol. The maximum absolute atomic E-state index is 11.4. The van der Waals surface area contributed by atoms with Crippen molar-refractivity contribution < 1.29 is 19.4 Å². The van der Waals surface area contributed by atoms with Gasteiger partial charge in [-0.2, -0.15) is 0 Å². The fraction of sp³-hybridized carbons (Fsp3) is 0.818. The summed E-state index contributed by atoms with van der Waals surface area (Å²) in [5.41, 5.74) is 0. The van der Waals surface area contributed by atoms with E-state index in [1.165, 1.54) is 7.11 Å². The Labute approximate surface area is 102 Å². The van der Waals surface area contributed by atoms with Gasteiger partial charge in [-0.1, -0.05) is 20.3 Å². The molecule has 0 aromatic heterocycles. The van der Waals surface area contributed by atoms with Crippen LogP contribution in [0.4, 0.5) is 4.79 Å². The predicted octanol–water partition coefficient (Wildman–Crippen LogP) is 0.820. The second-order valence-corrected chi connectivity index (χ2v) is 4.09. The van der Waals surface area contributed by atoms with Crippen molar-refractivity contribution in [1.82, 2.24) is 10.6 Å². The number of carbonyl (C=O) groups is 2. The molecule has 3 unspecified atom stereocenters. The van der Waals surface area contributed by atoms with Crippen LogP contribution in [-0.4, -0.2) is 42.9 Å². The Balaban J connectivity index is 3.98. The molecule has 0 saturated heterocycles. The summed E-state index contributed by atoms with van der Waals surface area (Å²) in [5.74, 6) is -0.721. The zero-order valence-corrected chi connectivity index (χ0v) is 10.8. The van der Waals surface area contributed by atoms with Crippen LogP contribution >= 0.6 is 0 Å². The van der Waals surface area contributed by atoms with Gasteiger partial charge in [0.15, 0.2) is 6.10 Å². The van der Waals surface area contributed by atoms with E-state index in [0.717, 1.165) is 6.42 Å². The molecule has 100 valence electrons. The molecule has 0 aliphatic heterocycles. The van der Waals surface area contributed by atoms with Crippen molar-refractivity contribution in [2.24, 2.45) is 5.92 Å². The summed E-state index contributed by atoms with van der Waals surface area (Å²) in [7, 11) is 1.29. The van der Waals surface area contributed by atoms with Crippen molar-refractivity contribution in [3.05, 3.63) is 0 Å². The molecule has 0 radical (unpaired) electrons. The predicted molar refractivity (Wildman–Crippen MR) is 63.9 cm³/mol. The normalized spacial score (nSPS) is 15.8. The molecule has 2 amide bonds. The van der Waals surface area contributed by atoms with Crippen molar-refractivity contribution in [3.63, 3.8) is 0 Å². The van der Waals surface area contributed by atoms with E-state index in [9.17, 15) is 9.59 Å². The molecule has 0 aliphatic rings. The van der Waals surface area contributed by atoms with Gasteiger partial charge in [0.25, 0.3) is 0 Å². The van der Waals surface area contributed by atoms with Gasteiger partial charge in [-0.25, -0.2) is 9.59 Å². The quantitative estimate of drug-likeness (QED) is 0.620. The molecule has 0 bridgehead atoms. The van der Waals surface area contributed by atoms with Gasteiger partial charge in [-0.05, 0) is 12.8 Å². The van der Waals surface area contributed by atoms with Gasteiger partial charge in [0.1, 0.15) is 0 Å². The molecule has 0 fully saturated rings. The number of hydrogen-bond donors (Lipinski definition) is 3. The van der Waals surface area contributed by atoms with E-state index in [4.69, 9.17) is 9.84 Å². The fourth-order valence-electron chi connectivity index (χ4n) is 1.21. The van der Waals surface area contributed by atoms with E-state index in [2.05, 4.69) is 10.6 Å². The Kier molecular flexibility index (Phi) is 7.29. The SMILES string of the molecule is CCC(C)C(C)NC(=O)NCC(OC)C(=O)O. The molecule has 0 aromatic carbocycles. The maximum Gasteiger partial charge on any atom is 0.334 e. The zero-order chi connectivity index (χ0) is 13.4. The summed E-state index contributed by atoms with van der Waals surface area (Å²) < 4.78 is 4.69. The number of amides is 2. The van der Waals surface area contributed by atoms with Crippen LogP contribution in [0, 0.1) is 5.92 Å². The Hall–Kier alpha value is -1.30. The van der Waals surface area contributed by atoms with Gasteiger partial charge in [0.2, 0.25) is 0 Å². The van der Waals surface area contributed by atoms with Crippen LogP contribution in [-0.2, 0) is 9.53 Å². The third-order valence-corrected chi connectivity index (χ3v) is 2.86. The molecular formula is C11H22N2O4. The summed E-state index contributed by atoms with van der Waals surface area (Å²) in [6, 6.07) is -0.327. The number of hydrogen-bond acceptors (Lipinski definition) is 3. The van der Waals surface area contributed by atoms with E-state index < -0.39 is 12.1 Å². The molecule has 3 N–H and O–H groups in total. The molecule has 0 spiro atoms. The smallest absolute Gasteiger partial charge is 0.334 e. The molecule has 0 heterocycles. The molecule has 17 heavy (non-hydrogen) atoms. The number of ether oxygens (including phenoxy) is 1. The largest absolute Gasteiger partial charge is 0.479 e. The van der Waals surface area contributed by atoms with Crippen molar-refractivity contribution in [3.8, 4) is 0 Å². The minimum absolute atomic E-state index is 0.0471. The topological polar surface area (TPSA) is 87.7 Å². The van der Waals surface area contributed by atoms with E-state index in [0.29, 0.717) is 5.92 Å². The lowest BCUT2D eigenvalue weighted by molar-refractivity contribution is -0.147. The minimum Gasteiger partial charge on any atom is -0.479 e. The van der Waals surface area contributed by atoms with Crippen molar-refractivity contribution in [1.29, 1.82) is 0 Å². The van der Waals surface area contributed by atoms with Crippen LogP contribution in [0.1, 0.15) is 27.2 Å². The highest BCUT2D eigenvalue weighted by atomic mass is 16.5. The molecule has 0 aromatic rings. The van der Waals surface area contributed by atoms with Gasteiger partial charge in [0.05, 0.1) is 6.54 Å². The summed E-state index contributed by atoms with van der Waals surface area (Å²) in [4.78, 5) is 22.1. The summed E-state index contributed by atoms with van der Waals surface area (Å²) >= 11 is 0. The maximum atomic E-state index is 11.4. The van der Waals surface area contributed by atoms with Crippen molar-refractivity contribution in [2.45, 2.75) is 39.3 Å². The highest BCUT2D eigenvalue weighted by Gasteiger charge is 2.18. The lowest BCUT2D eigenvalue weighted by atomic mass is 10.0. The number of urea groups is 1. The van der Waals surface area contributed by atoms with Gasteiger partial charge in [-0.3, -0.25) is 0 Å². The number of carboxylic acid groups (broad SMARTS) is 1. The second-order valence-electron chi connectivity index (χ2n) is 4.09. The Morgan fingerprint density at radius 1 is 1.35 bits per heavy atom. The molecule has 0 saturated carbocycles. The van der Waals surface area contributed by atoms with E-state index in [-0.39, 0.29) is 18.6 Å². The summed E-state index contributed by atoms with van der Waals surface area (Å²) in [6.07, 6.45) is -0.0447. The molecule has 0 rings (SSSR count). The first-order chi connectivity index (χ1) is 7.92. The van der Waals surface area contributed by atoms with Crippen molar-refractivity contribution >= 4 is 12.0 Å². The van der Waals surface area contributed by atoms with Crippen LogP contribution in [0.3, 0.4) is 0 Å². The number of carbonyl (C=O) groups excluding carboxylic acids is 1. The van der Waals surface area contributed by atoms with Gasteiger partial charge < -0.3 is 20.5 Å². The number of methoxy groups -OCH3 is 1. The Bertz CT molecular complexity index is 258. The third-order valence-electron chi connectivity index (χ3n) is 2.86. The molecule has 3 atom stereocenters. The molecule has 0 aliphatic carbocycles. The second kappa shape index (κ2) is 7.89. The van der Waals surface area contributed by atoms with E-state index >= 15 is 0 Å². The first kappa shape index (κ1) is 15.7. The molecule has 6 heteroatoms. The van der Waals surface area contributed by atoms with Crippen LogP contribution < -0.4 is 10.6 Å². The van der Waals surface area contributed by atoms with Crippen LogP contribution in [0.2, 0.25) is 0 Å². The number of nitrogens with one attached hydrogen (secondary N) is 2. The summed E-state index contributed by atoms with van der Waals surface area (Å²) in [5, 5.41) is 13.9. The van der Waals surface area contributed by atoms with Crippen LogP contribution in [0.15, 0.2) is 0 Å². The molecule has 6 nitrogen and oxygen atoms in total. The van der Waals surface area contributed by atoms with Crippen LogP contribution in [0.25, 0.3) is 0 Å². The molecular weight excluding hydrogens is 224 g/mol. The zero-order valence-electron chi connectivity index (χ0n) is 10.8. The average molecular weight is 246 g/mol. The van der Waals surface area contributed by atoms with E-state index in [1.54, 1.807) is 0 Å². The number of carboxylic acids is 1. The summed E-state index contributed by atoms with van der Waals surface area (Å²) in [6.45, 7) is 5.95. The number of rotatable bonds is 7. The van der Waals surface area contributed by atoms with Crippen LogP contribution in [0.5, 0.6) is 0 Å². The number of aliphatic carboxylic acids is 1. The highest BCUT2D eigenvalue weighted by molar-refractivity contribution is 5.77. The van der Waals surface area contributed by atoms with E-state index in [1.807, 2.05) is 20.8 Å². The average Bonchev–Trinajstić information content (AvgIpc) is 2.28.